The number of rotatable bonds is 1. The zero-order valence-electron chi connectivity index (χ0n) is 8.08. The maximum Gasteiger partial charge on any atom is 0.491 e. The monoisotopic (exact) mass is 209 g/mol. The van der Waals surface area contributed by atoms with E-state index in [1.165, 1.54) is 13.1 Å². The molecule has 0 unspecified atom stereocenters. The van der Waals surface area contributed by atoms with Gasteiger partial charge in [0.15, 0.2) is 0 Å². The molecule has 15 heavy (non-hydrogen) atoms. The fraction of sp³-hybridized carbons (Fsp3) is 0.222. The second-order valence-corrected chi connectivity index (χ2v) is 3.27. The van der Waals surface area contributed by atoms with Crippen LogP contribution in [0.5, 0.6) is 0 Å². The van der Waals surface area contributed by atoms with Gasteiger partial charge in [0.1, 0.15) is 5.82 Å². The van der Waals surface area contributed by atoms with Crippen molar-refractivity contribution in [3.63, 3.8) is 0 Å². The predicted octanol–water partition coefficient (Wildman–Crippen LogP) is -0.597. The number of hydrogen-bond acceptors (Lipinski definition) is 3. The largest absolute Gasteiger partial charge is 0.491 e. The Morgan fingerprint density at radius 3 is 3.07 bits per heavy atom. The topological polar surface area (TPSA) is 58.6 Å². The van der Waals surface area contributed by atoms with Crippen molar-refractivity contribution in [1.82, 2.24) is 5.32 Å². The summed E-state index contributed by atoms with van der Waals surface area (Å²) in [6, 6.07) is 2.58. The molecule has 78 valence electrons. The van der Waals surface area contributed by atoms with Gasteiger partial charge in [-0.3, -0.25) is 4.79 Å². The summed E-state index contributed by atoms with van der Waals surface area (Å²) in [7, 11) is 0.319. The standard InChI is InChI=1S/C9H9BFNO3/c1-12-9(13)5-2-7-6(8(11)3-5)4-15-10(7)14/h2-3,14H,4H2,1H3,(H,12,13). The van der Waals surface area contributed by atoms with Crippen molar-refractivity contribution < 1.29 is 18.9 Å². The lowest BCUT2D eigenvalue weighted by molar-refractivity contribution is 0.0962. The number of hydrogen-bond donors (Lipinski definition) is 2. The molecule has 0 spiro atoms. The van der Waals surface area contributed by atoms with Crippen LogP contribution < -0.4 is 10.8 Å². The quantitative estimate of drug-likeness (QED) is 0.607. The Morgan fingerprint density at radius 1 is 1.67 bits per heavy atom. The van der Waals surface area contributed by atoms with Crippen LogP contribution in [0.1, 0.15) is 15.9 Å². The van der Waals surface area contributed by atoms with Crippen LogP contribution in [0, 0.1) is 5.82 Å². The Balaban J connectivity index is 2.50. The molecule has 1 heterocycles. The lowest BCUT2D eigenvalue weighted by atomic mass is 9.78. The van der Waals surface area contributed by atoms with Gasteiger partial charge in [-0.15, -0.1) is 0 Å². The van der Waals surface area contributed by atoms with Gasteiger partial charge in [0.05, 0.1) is 6.61 Å². The molecule has 0 saturated carbocycles. The van der Waals surface area contributed by atoms with Crippen LogP contribution in [0.25, 0.3) is 0 Å². The Labute approximate surface area is 86.2 Å². The fourth-order valence-corrected chi connectivity index (χ4v) is 1.56. The summed E-state index contributed by atoms with van der Waals surface area (Å²) in [5.41, 5.74) is 0.821. The predicted molar refractivity (Wildman–Crippen MR) is 52.2 cm³/mol. The third-order valence-electron chi connectivity index (χ3n) is 2.37. The van der Waals surface area contributed by atoms with Gasteiger partial charge >= 0.3 is 7.12 Å². The molecule has 0 fully saturated rings. The molecule has 1 amide bonds. The van der Waals surface area contributed by atoms with Crippen molar-refractivity contribution >= 4 is 18.5 Å². The van der Waals surface area contributed by atoms with Crippen molar-refractivity contribution in [1.29, 1.82) is 0 Å². The van der Waals surface area contributed by atoms with Crippen LogP contribution in [0.15, 0.2) is 12.1 Å². The molecule has 1 aliphatic rings. The summed E-state index contributed by atoms with van der Waals surface area (Å²) in [5.74, 6) is -0.918. The molecule has 2 N–H and O–H groups in total. The van der Waals surface area contributed by atoms with E-state index in [0.29, 0.717) is 11.0 Å². The lowest BCUT2D eigenvalue weighted by Gasteiger charge is -2.04. The zero-order valence-corrected chi connectivity index (χ0v) is 8.08. The summed E-state index contributed by atoms with van der Waals surface area (Å²) in [4.78, 5) is 11.3. The minimum absolute atomic E-state index is 0.0381. The number of carbonyl (C=O) groups excluding carboxylic acids is 1. The molecule has 1 aromatic rings. The van der Waals surface area contributed by atoms with Gasteiger partial charge in [0.2, 0.25) is 0 Å². The van der Waals surface area contributed by atoms with E-state index in [2.05, 4.69) is 5.32 Å². The average molecular weight is 209 g/mol. The highest BCUT2D eigenvalue weighted by Crippen LogP contribution is 2.15. The van der Waals surface area contributed by atoms with Crippen LogP contribution in [0.3, 0.4) is 0 Å². The van der Waals surface area contributed by atoms with E-state index >= 15 is 0 Å². The maximum absolute atomic E-state index is 13.5. The molecule has 4 nitrogen and oxygen atoms in total. The van der Waals surface area contributed by atoms with E-state index in [1.54, 1.807) is 0 Å². The first-order valence-electron chi connectivity index (χ1n) is 4.47. The van der Waals surface area contributed by atoms with Gasteiger partial charge in [0, 0.05) is 18.2 Å². The first kappa shape index (κ1) is 10.1. The Bertz CT molecular complexity index is 424. The molecule has 2 rings (SSSR count). The van der Waals surface area contributed by atoms with Gasteiger partial charge in [-0.2, -0.15) is 0 Å². The average Bonchev–Trinajstić information content (AvgIpc) is 2.60. The normalized spacial score (nSPS) is 13.9. The summed E-state index contributed by atoms with van der Waals surface area (Å²) < 4.78 is 18.3. The van der Waals surface area contributed by atoms with E-state index in [9.17, 15) is 14.2 Å². The van der Waals surface area contributed by atoms with Crippen molar-refractivity contribution in [2.45, 2.75) is 6.61 Å². The Kier molecular flexibility index (Phi) is 2.46. The lowest BCUT2D eigenvalue weighted by Crippen LogP contribution is -2.30. The van der Waals surface area contributed by atoms with Crippen molar-refractivity contribution in [3.05, 3.63) is 29.1 Å². The number of nitrogens with one attached hydrogen (secondary N) is 1. The second-order valence-electron chi connectivity index (χ2n) is 3.27. The molecule has 0 bridgehead atoms. The minimum Gasteiger partial charge on any atom is -0.423 e. The van der Waals surface area contributed by atoms with Crippen molar-refractivity contribution in [3.8, 4) is 0 Å². The number of halogens is 1. The van der Waals surface area contributed by atoms with Gasteiger partial charge < -0.3 is 15.0 Å². The molecule has 0 aromatic heterocycles. The highest BCUT2D eigenvalue weighted by Gasteiger charge is 2.30. The van der Waals surface area contributed by atoms with Gasteiger partial charge in [-0.05, 0) is 17.6 Å². The molecule has 6 heteroatoms. The molecule has 0 radical (unpaired) electrons. The second kappa shape index (κ2) is 3.64. The smallest absolute Gasteiger partial charge is 0.423 e. The van der Waals surface area contributed by atoms with Gasteiger partial charge in [-0.25, -0.2) is 4.39 Å². The molecular weight excluding hydrogens is 200 g/mol. The minimum atomic E-state index is -1.14. The third-order valence-corrected chi connectivity index (χ3v) is 2.37. The number of fused-ring (bicyclic) bond motifs is 1. The number of carbonyl (C=O) groups is 1. The van der Waals surface area contributed by atoms with Crippen molar-refractivity contribution in [2.24, 2.45) is 0 Å². The van der Waals surface area contributed by atoms with Crippen LogP contribution in [0.4, 0.5) is 4.39 Å². The first-order valence-corrected chi connectivity index (χ1v) is 4.47. The van der Waals surface area contributed by atoms with Crippen molar-refractivity contribution in [2.75, 3.05) is 7.05 Å². The van der Waals surface area contributed by atoms with E-state index < -0.39 is 18.8 Å². The fourth-order valence-electron chi connectivity index (χ4n) is 1.56. The Hall–Kier alpha value is -1.40. The molecule has 1 aliphatic heterocycles. The molecule has 0 aliphatic carbocycles. The van der Waals surface area contributed by atoms with Crippen LogP contribution in [0.2, 0.25) is 0 Å². The molecule has 0 saturated heterocycles. The van der Waals surface area contributed by atoms with E-state index in [-0.39, 0.29) is 12.2 Å². The summed E-state index contributed by atoms with van der Waals surface area (Å²) in [5, 5.41) is 11.8. The van der Waals surface area contributed by atoms with Crippen LogP contribution in [-0.2, 0) is 11.3 Å². The van der Waals surface area contributed by atoms with Crippen LogP contribution in [-0.4, -0.2) is 25.1 Å². The number of amides is 1. The molecular formula is C9H9BFNO3. The molecule has 1 aromatic carbocycles. The van der Waals surface area contributed by atoms with E-state index in [4.69, 9.17) is 4.65 Å². The van der Waals surface area contributed by atoms with E-state index in [0.717, 1.165) is 6.07 Å². The highest BCUT2D eigenvalue weighted by molar-refractivity contribution is 6.61. The van der Waals surface area contributed by atoms with Crippen LogP contribution >= 0.6 is 0 Å². The summed E-state index contributed by atoms with van der Waals surface area (Å²) in [6.07, 6.45) is 0. The summed E-state index contributed by atoms with van der Waals surface area (Å²) >= 11 is 0. The Morgan fingerprint density at radius 2 is 2.40 bits per heavy atom. The summed E-state index contributed by atoms with van der Waals surface area (Å²) in [6.45, 7) is 0.0381. The molecule has 0 atom stereocenters. The third kappa shape index (κ3) is 1.62. The zero-order chi connectivity index (χ0) is 11.0. The van der Waals surface area contributed by atoms with Gasteiger partial charge in [0.25, 0.3) is 5.91 Å². The highest BCUT2D eigenvalue weighted by atomic mass is 19.1. The maximum atomic E-state index is 13.5. The van der Waals surface area contributed by atoms with Gasteiger partial charge in [-0.1, -0.05) is 0 Å². The first-order chi connectivity index (χ1) is 7.13. The van der Waals surface area contributed by atoms with E-state index in [1.807, 2.05) is 0 Å². The number of benzene rings is 1. The SMILES string of the molecule is CNC(=O)c1cc(F)c2c(c1)B(O)OC2.